The van der Waals surface area contributed by atoms with Crippen molar-refractivity contribution in [2.24, 2.45) is 5.73 Å². The Morgan fingerprint density at radius 1 is 1.28 bits per heavy atom. The van der Waals surface area contributed by atoms with E-state index in [0.717, 1.165) is 6.42 Å². The molecule has 25 heavy (non-hydrogen) atoms. The molecular weight excluding hydrogens is 367 g/mol. The van der Waals surface area contributed by atoms with E-state index in [1.54, 1.807) is 12.1 Å². The molecule has 2 N–H and O–H groups in total. The van der Waals surface area contributed by atoms with E-state index in [1.165, 1.54) is 19.5 Å². The van der Waals surface area contributed by atoms with Gasteiger partial charge in [-0.2, -0.15) is 0 Å². The molecule has 132 valence electrons. The number of carbonyl (C=O) groups excluding carboxylic acids is 1. The minimum Gasteiger partial charge on any atom is -0.493 e. The van der Waals surface area contributed by atoms with Crippen LogP contribution in [-0.2, 0) is 4.74 Å². The van der Waals surface area contributed by atoms with Crippen molar-refractivity contribution in [1.82, 2.24) is 4.98 Å². The van der Waals surface area contributed by atoms with Crippen LogP contribution in [0.4, 0.5) is 0 Å². The van der Waals surface area contributed by atoms with Crippen LogP contribution < -0.4 is 15.2 Å². The summed E-state index contributed by atoms with van der Waals surface area (Å²) in [6, 6.07) is 3.18. The van der Waals surface area contributed by atoms with Gasteiger partial charge in [-0.3, -0.25) is 9.78 Å². The summed E-state index contributed by atoms with van der Waals surface area (Å²) in [5.41, 5.74) is 6.59. The number of benzene rings is 1. The molecule has 1 unspecified atom stereocenters. The predicted octanol–water partition coefficient (Wildman–Crippen LogP) is 3.33. The molecule has 2 aromatic rings. The maximum absolute atomic E-state index is 12.0. The molecule has 1 saturated heterocycles. The fourth-order valence-electron chi connectivity index (χ4n) is 2.72. The van der Waals surface area contributed by atoms with Crippen LogP contribution in [0.15, 0.2) is 24.5 Å². The van der Waals surface area contributed by atoms with Crippen LogP contribution in [0.3, 0.4) is 0 Å². The summed E-state index contributed by atoms with van der Waals surface area (Å²) < 4.78 is 16.9. The summed E-state index contributed by atoms with van der Waals surface area (Å²) in [6.45, 7) is 1.05. The molecule has 1 amide bonds. The number of hydrogen-bond acceptors (Lipinski definition) is 5. The van der Waals surface area contributed by atoms with Gasteiger partial charge in [0.1, 0.15) is 6.10 Å². The first kappa shape index (κ1) is 17.8. The number of ether oxygens (including phenoxy) is 3. The maximum Gasteiger partial charge on any atom is 0.249 e. The molecule has 1 aromatic heterocycles. The molecule has 0 spiro atoms. The largest absolute Gasteiger partial charge is 0.493 e. The van der Waals surface area contributed by atoms with Crippen LogP contribution in [0.5, 0.6) is 11.5 Å². The van der Waals surface area contributed by atoms with E-state index in [2.05, 4.69) is 4.98 Å². The molecule has 0 saturated carbocycles. The smallest absolute Gasteiger partial charge is 0.249 e. The van der Waals surface area contributed by atoms with Gasteiger partial charge < -0.3 is 19.9 Å². The topological polar surface area (TPSA) is 83.7 Å². The number of halogens is 2. The minimum atomic E-state index is -0.630. The Labute approximate surface area is 154 Å². The normalized spacial score (nSPS) is 16.7. The number of nitrogens with two attached hydrogens (primary N) is 1. The average molecular weight is 383 g/mol. The fraction of sp³-hybridized carbons (Fsp3) is 0.294. The molecule has 1 aliphatic rings. The molecule has 0 bridgehead atoms. The first-order valence-corrected chi connectivity index (χ1v) is 8.33. The predicted molar refractivity (Wildman–Crippen MR) is 94.6 cm³/mol. The molecular formula is C17H16Cl2N2O4. The zero-order valence-electron chi connectivity index (χ0n) is 13.4. The van der Waals surface area contributed by atoms with Crippen LogP contribution in [0.25, 0.3) is 11.1 Å². The highest BCUT2D eigenvalue weighted by atomic mass is 35.5. The van der Waals surface area contributed by atoms with Crippen molar-refractivity contribution in [2.45, 2.75) is 12.5 Å². The maximum atomic E-state index is 12.0. The highest BCUT2D eigenvalue weighted by Gasteiger charge is 2.27. The van der Waals surface area contributed by atoms with E-state index in [-0.39, 0.29) is 21.7 Å². The number of primary amides is 1. The number of nitrogens with zero attached hydrogens (tertiary/aromatic N) is 1. The summed E-state index contributed by atoms with van der Waals surface area (Å²) in [7, 11) is 1.51. The Morgan fingerprint density at radius 2 is 2.00 bits per heavy atom. The van der Waals surface area contributed by atoms with Gasteiger partial charge in [0.15, 0.2) is 11.5 Å². The van der Waals surface area contributed by atoms with Crippen LogP contribution in [0.1, 0.15) is 16.8 Å². The van der Waals surface area contributed by atoms with Gasteiger partial charge in [0.05, 0.1) is 35.9 Å². The molecule has 0 radical (unpaired) electrons. The third-order valence-electron chi connectivity index (χ3n) is 3.88. The van der Waals surface area contributed by atoms with Gasteiger partial charge in [0, 0.05) is 29.9 Å². The Bertz CT molecular complexity index is 787. The third kappa shape index (κ3) is 3.51. The highest BCUT2D eigenvalue weighted by Crippen LogP contribution is 2.46. The Kier molecular flexibility index (Phi) is 5.32. The second-order valence-electron chi connectivity index (χ2n) is 5.47. The standard InChI is InChI=1S/C17H16Cl2N2O4/c1-23-13-3-2-10(17(20)22)14(15-11(18)6-21-7-12(15)19)16(13)25-9-4-5-24-8-9/h2-3,6-7,9H,4-5,8H2,1H3,(H2,20,22). The second kappa shape index (κ2) is 7.47. The monoisotopic (exact) mass is 382 g/mol. The van der Waals surface area contributed by atoms with Crippen molar-refractivity contribution in [2.75, 3.05) is 20.3 Å². The van der Waals surface area contributed by atoms with Gasteiger partial charge in [0.25, 0.3) is 0 Å². The molecule has 2 heterocycles. The van der Waals surface area contributed by atoms with E-state index in [4.69, 9.17) is 43.1 Å². The number of pyridine rings is 1. The number of hydrogen-bond donors (Lipinski definition) is 1. The number of methoxy groups -OCH3 is 1. The van der Waals surface area contributed by atoms with Gasteiger partial charge in [-0.25, -0.2) is 0 Å². The molecule has 1 fully saturated rings. The number of amides is 1. The third-order valence-corrected chi connectivity index (χ3v) is 4.46. The van der Waals surface area contributed by atoms with Crippen LogP contribution in [0.2, 0.25) is 10.0 Å². The van der Waals surface area contributed by atoms with Crippen LogP contribution >= 0.6 is 23.2 Å². The zero-order valence-corrected chi connectivity index (χ0v) is 14.9. The highest BCUT2D eigenvalue weighted by molar-refractivity contribution is 6.39. The lowest BCUT2D eigenvalue weighted by Gasteiger charge is -2.21. The summed E-state index contributed by atoms with van der Waals surface area (Å²) in [5.74, 6) is 0.161. The lowest BCUT2D eigenvalue weighted by Crippen LogP contribution is -2.19. The number of aromatic nitrogens is 1. The molecule has 1 aliphatic heterocycles. The molecule has 3 rings (SSSR count). The van der Waals surface area contributed by atoms with Crippen molar-refractivity contribution < 1.29 is 19.0 Å². The number of carbonyl (C=O) groups is 1. The lowest BCUT2D eigenvalue weighted by molar-refractivity contribution is 0.0999. The summed E-state index contributed by atoms with van der Waals surface area (Å²) in [6.07, 6.45) is 3.43. The van der Waals surface area contributed by atoms with Crippen LogP contribution in [-0.4, -0.2) is 37.3 Å². The molecule has 6 nitrogen and oxygen atoms in total. The Morgan fingerprint density at radius 3 is 2.56 bits per heavy atom. The minimum absolute atomic E-state index is 0.171. The van der Waals surface area contributed by atoms with Crippen molar-refractivity contribution >= 4 is 29.1 Å². The van der Waals surface area contributed by atoms with Gasteiger partial charge in [-0.15, -0.1) is 0 Å². The van der Waals surface area contributed by atoms with E-state index in [1.807, 2.05) is 0 Å². The lowest BCUT2D eigenvalue weighted by atomic mass is 9.98. The molecule has 8 heteroatoms. The quantitative estimate of drug-likeness (QED) is 0.856. The van der Waals surface area contributed by atoms with Gasteiger partial charge in [0.2, 0.25) is 5.91 Å². The van der Waals surface area contributed by atoms with E-state index in [0.29, 0.717) is 35.8 Å². The van der Waals surface area contributed by atoms with Gasteiger partial charge in [-0.05, 0) is 12.1 Å². The Hall–Kier alpha value is -2.02. The summed E-state index contributed by atoms with van der Waals surface area (Å²) in [5, 5.41) is 0.548. The van der Waals surface area contributed by atoms with Crippen molar-refractivity contribution in [3.8, 4) is 22.6 Å². The van der Waals surface area contributed by atoms with Crippen molar-refractivity contribution in [3.63, 3.8) is 0 Å². The van der Waals surface area contributed by atoms with Crippen molar-refractivity contribution in [3.05, 3.63) is 40.1 Å². The van der Waals surface area contributed by atoms with Gasteiger partial charge >= 0.3 is 0 Å². The zero-order chi connectivity index (χ0) is 18.0. The van der Waals surface area contributed by atoms with E-state index in [9.17, 15) is 4.79 Å². The van der Waals surface area contributed by atoms with Crippen LogP contribution in [0, 0.1) is 0 Å². The molecule has 0 aliphatic carbocycles. The average Bonchev–Trinajstić information content (AvgIpc) is 3.08. The first-order valence-electron chi connectivity index (χ1n) is 7.57. The van der Waals surface area contributed by atoms with E-state index >= 15 is 0 Å². The summed E-state index contributed by atoms with van der Waals surface area (Å²) in [4.78, 5) is 16.0. The molecule has 1 atom stereocenters. The SMILES string of the molecule is COc1ccc(C(N)=O)c(-c2c(Cl)cncc2Cl)c1OC1CCOC1. The van der Waals surface area contributed by atoms with Crippen molar-refractivity contribution in [1.29, 1.82) is 0 Å². The van der Waals surface area contributed by atoms with Gasteiger partial charge in [-0.1, -0.05) is 23.2 Å². The first-order chi connectivity index (χ1) is 12.0. The fourth-order valence-corrected chi connectivity index (χ4v) is 3.27. The molecule has 1 aromatic carbocycles. The Balaban J connectivity index is 2.26. The second-order valence-corrected chi connectivity index (χ2v) is 6.28. The van der Waals surface area contributed by atoms with E-state index < -0.39 is 5.91 Å². The summed E-state index contributed by atoms with van der Waals surface area (Å²) >= 11 is 12.6. The number of rotatable bonds is 5.